The molecule has 3 fully saturated rings. The van der Waals surface area contributed by atoms with E-state index in [2.05, 4.69) is 33.6 Å². The Kier molecular flexibility index (Phi) is 10.9. The quantitative estimate of drug-likeness (QED) is 0.331. The Balaban J connectivity index is 1.32. The van der Waals surface area contributed by atoms with Crippen molar-refractivity contribution < 1.29 is 23.9 Å². The van der Waals surface area contributed by atoms with Gasteiger partial charge in [0.1, 0.15) is 5.60 Å². The van der Waals surface area contributed by atoms with Gasteiger partial charge in [0.2, 0.25) is 11.9 Å². The summed E-state index contributed by atoms with van der Waals surface area (Å²) >= 11 is 0. The molecule has 236 valence electrons. The summed E-state index contributed by atoms with van der Waals surface area (Å²) in [6, 6.07) is -0.0717. The lowest BCUT2D eigenvalue weighted by molar-refractivity contribution is -0.157. The first-order valence-corrected chi connectivity index (χ1v) is 15.9. The van der Waals surface area contributed by atoms with Crippen LogP contribution in [-0.2, 0) is 19.1 Å². The summed E-state index contributed by atoms with van der Waals surface area (Å²) in [7, 11) is 0. The molecule has 4 heterocycles. The lowest BCUT2D eigenvalue weighted by atomic mass is 9.84. The van der Waals surface area contributed by atoms with Gasteiger partial charge in [-0.25, -0.2) is 14.8 Å². The highest BCUT2D eigenvalue weighted by molar-refractivity contribution is 5.78. The fraction of sp³-hybridized carbons (Fsp3) is 0.727. The maximum atomic E-state index is 12.8. The number of esters is 1. The maximum absolute atomic E-state index is 12.8. The summed E-state index contributed by atoms with van der Waals surface area (Å²) in [6.45, 7) is 14.9. The second kappa shape index (κ2) is 14.4. The van der Waals surface area contributed by atoms with Gasteiger partial charge in [-0.1, -0.05) is 18.8 Å². The van der Waals surface area contributed by atoms with Gasteiger partial charge in [0.05, 0.1) is 24.1 Å². The number of likely N-dealkylation sites (tertiary alicyclic amines) is 2. The van der Waals surface area contributed by atoms with Crippen molar-refractivity contribution in [2.75, 3.05) is 37.6 Å². The number of aromatic nitrogens is 2. The van der Waals surface area contributed by atoms with Crippen LogP contribution in [0.15, 0.2) is 12.4 Å². The average Bonchev–Trinajstić information content (AvgIpc) is 3.35. The van der Waals surface area contributed by atoms with E-state index in [0.29, 0.717) is 37.3 Å². The minimum atomic E-state index is -0.551. The molecule has 0 saturated carbocycles. The molecule has 3 atom stereocenters. The molecule has 3 aliphatic rings. The van der Waals surface area contributed by atoms with E-state index >= 15 is 0 Å². The van der Waals surface area contributed by atoms with Gasteiger partial charge in [-0.3, -0.25) is 9.59 Å². The minimum Gasteiger partial charge on any atom is -0.460 e. The number of carbonyl (C=O) groups is 3. The second-order valence-corrected chi connectivity index (χ2v) is 13.6. The van der Waals surface area contributed by atoms with Crippen LogP contribution >= 0.6 is 0 Å². The zero-order valence-corrected chi connectivity index (χ0v) is 26.8. The first-order chi connectivity index (χ1) is 20.4. The third kappa shape index (κ3) is 9.32. The molecule has 1 aromatic heterocycles. The van der Waals surface area contributed by atoms with E-state index in [9.17, 15) is 14.4 Å². The molecule has 0 N–H and O–H groups in total. The van der Waals surface area contributed by atoms with E-state index in [4.69, 9.17) is 9.47 Å². The lowest BCUT2D eigenvalue weighted by Crippen LogP contribution is -2.47. The summed E-state index contributed by atoms with van der Waals surface area (Å²) < 4.78 is 10.9. The minimum absolute atomic E-state index is 0.0471. The standard InChI is InChI=1S/C33H49N5O5/c1-23(2)42-32(41)36-16-13-26(14-17-36)24(3)10-9-11-25-19-34-31(35-20-25)37-21-27(18-30(40)43-33(4,5)6)28(22-37)38-15-8-7-12-29(38)39/h19-20,23-24,26-28H,7-8,10,12-18,21-22H2,1-6H3/t24-,27+,28+/m1/s1. The molecule has 4 rings (SSSR count). The zero-order chi connectivity index (χ0) is 31.1. The molecule has 0 spiro atoms. The van der Waals surface area contributed by atoms with Gasteiger partial charge in [0.15, 0.2) is 0 Å². The summed E-state index contributed by atoms with van der Waals surface area (Å²) in [5.41, 5.74) is 0.207. The Morgan fingerprint density at radius 2 is 1.74 bits per heavy atom. The van der Waals surface area contributed by atoms with Crippen LogP contribution in [0.3, 0.4) is 0 Å². The highest BCUT2D eigenvalue weighted by Crippen LogP contribution is 2.31. The van der Waals surface area contributed by atoms with Crippen LogP contribution in [0.4, 0.5) is 10.7 Å². The highest BCUT2D eigenvalue weighted by Gasteiger charge is 2.41. The summed E-state index contributed by atoms with van der Waals surface area (Å²) in [5.74, 6) is 7.93. The molecular formula is C33H49N5O5. The van der Waals surface area contributed by atoms with Gasteiger partial charge >= 0.3 is 12.1 Å². The molecule has 0 radical (unpaired) electrons. The van der Waals surface area contributed by atoms with E-state index in [1.807, 2.05) is 39.5 Å². The van der Waals surface area contributed by atoms with Gasteiger partial charge < -0.3 is 24.2 Å². The predicted octanol–water partition coefficient (Wildman–Crippen LogP) is 4.66. The monoisotopic (exact) mass is 595 g/mol. The normalized spacial score (nSPS) is 22.3. The van der Waals surface area contributed by atoms with Crippen molar-refractivity contribution in [2.45, 2.75) is 104 Å². The van der Waals surface area contributed by atoms with Gasteiger partial charge in [0, 0.05) is 63.9 Å². The summed E-state index contributed by atoms with van der Waals surface area (Å²) in [5, 5.41) is 0. The molecule has 0 aromatic carbocycles. The van der Waals surface area contributed by atoms with Crippen molar-refractivity contribution in [1.82, 2.24) is 19.8 Å². The number of anilines is 1. The van der Waals surface area contributed by atoms with Gasteiger partial charge in [-0.15, -0.1) is 0 Å². The van der Waals surface area contributed by atoms with Crippen molar-refractivity contribution in [3.63, 3.8) is 0 Å². The van der Waals surface area contributed by atoms with Crippen LogP contribution in [0.2, 0.25) is 0 Å². The topological polar surface area (TPSA) is 105 Å². The van der Waals surface area contributed by atoms with Crippen LogP contribution in [0, 0.1) is 29.6 Å². The molecule has 3 aliphatic heterocycles. The van der Waals surface area contributed by atoms with Crippen molar-refractivity contribution >= 4 is 23.9 Å². The smallest absolute Gasteiger partial charge is 0.410 e. The summed E-state index contributed by atoms with van der Waals surface area (Å²) in [6.07, 6.45) is 8.59. The first kappa shape index (κ1) is 32.6. The molecule has 0 bridgehead atoms. The lowest BCUT2D eigenvalue weighted by Gasteiger charge is -2.35. The number of carbonyl (C=O) groups excluding carboxylic acids is 3. The largest absolute Gasteiger partial charge is 0.460 e. The van der Waals surface area contributed by atoms with Crippen LogP contribution < -0.4 is 4.90 Å². The van der Waals surface area contributed by atoms with E-state index in [-0.39, 0.29) is 42.5 Å². The Hall–Kier alpha value is -3.35. The van der Waals surface area contributed by atoms with Crippen LogP contribution in [0.1, 0.15) is 92.1 Å². The fourth-order valence-electron chi connectivity index (χ4n) is 6.30. The molecule has 0 aliphatic carbocycles. The van der Waals surface area contributed by atoms with Crippen molar-refractivity contribution in [3.8, 4) is 11.8 Å². The Bertz CT molecular complexity index is 1180. The Morgan fingerprint density at radius 3 is 2.37 bits per heavy atom. The molecule has 2 amide bonds. The third-order valence-electron chi connectivity index (χ3n) is 8.53. The van der Waals surface area contributed by atoms with E-state index in [1.165, 1.54) is 0 Å². The van der Waals surface area contributed by atoms with Crippen molar-refractivity contribution in [1.29, 1.82) is 0 Å². The number of amides is 2. The van der Waals surface area contributed by atoms with Crippen molar-refractivity contribution in [3.05, 3.63) is 18.0 Å². The molecule has 10 heteroatoms. The van der Waals surface area contributed by atoms with E-state index < -0.39 is 5.60 Å². The Morgan fingerprint density at radius 1 is 1.05 bits per heavy atom. The number of ether oxygens (including phenoxy) is 2. The van der Waals surface area contributed by atoms with Crippen molar-refractivity contribution in [2.24, 2.45) is 17.8 Å². The molecule has 1 aromatic rings. The number of nitrogens with zero attached hydrogens (tertiary/aromatic N) is 5. The molecule has 43 heavy (non-hydrogen) atoms. The zero-order valence-electron chi connectivity index (χ0n) is 26.8. The van der Waals surface area contributed by atoms with E-state index in [1.54, 1.807) is 17.3 Å². The average molecular weight is 596 g/mol. The van der Waals surface area contributed by atoms with E-state index in [0.717, 1.165) is 57.3 Å². The fourth-order valence-corrected chi connectivity index (χ4v) is 6.30. The first-order valence-electron chi connectivity index (χ1n) is 15.9. The van der Waals surface area contributed by atoms with Crippen LogP contribution in [-0.4, -0.2) is 88.2 Å². The second-order valence-electron chi connectivity index (χ2n) is 13.6. The third-order valence-corrected chi connectivity index (χ3v) is 8.53. The predicted molar refractivity (Wildman–Crippen MR) is 164 cm³/mol. The highest BCUT2D eigenvalue weighted by atomic mass is 16.6. The molecular weight excluding hydrogens is 546 g/mol. The molecule has 10 nitrogen and oxygen atoms in total. The number of hydrogen-bond acceptors (Lipinski definition) is 8. The maximum Gasteiger partial charge on any atom is 0.410 e. The molecule has 3 saturated heterocycles. The number of piperidine rings is 2. The molecule has 0 unspecified atom stereocenters. The van der Waals surface area contributed by atoms with Gasteiger partial charge in [-0.05, 0) is 72.1 Å². The van der Waals surface area contributed by atoms with Crippen LogP contribution in [0.25, 0.3) is 0 Å². The van der Waals surface area contributed by atoms with Gasteiger partial charge in [0.25, 0.3) is 0 Å². The van der Waals surface area contributed by atoms with Gasteiger partial charge in [-0.2, -0.15) is 0 Å². The van der Waals surface area contributed by atoms with Crippen LogP contribution in [0.5, 0.6) is 0 Å². The Labute approximate surface area is 256 Å². The SMILES string of the molecule is CC(C)OC(=O)N1CCC([C@H](C)CC#Cc2cnc(N3C[C@H](CC(=O)OC(C)(C)C)[C@@H](N4CCCCC4=O)C3)nc2)CC1. The number of rotatable bonds is 7. The number of hydrogen-bond donors (Lipinski definition) is 0. The summed E-state index contributed by atoms with van der Waals surface area (Å²) in [4.78, 5) is 52.7.